The number of aromatic carboxylic acids is 1. The van der Waals surface area contributed by atoms with E-state index in [0.29, 0.717) is 0 Å². The van der Waals surface area contributed by atoms with Crippen LogP contribution in [0, 0.1) is 0 Å². The predicted molar refractivity (Wildman–Crippen MR) is 81.7 cm³/mol. The van der Waals surface area contributed by atoms with Gasteiger partial charge in [0.1, 0.15) is 6.10 Å². The monoisotopic (exact) mass is 369 g/mol. The van der Waals surface area contributed by atoms with Gasteiger partial charge in [-0.1, -0.05) is 18.2 Å². The van der Waals surface area contributed by atoms with Gasteiger partial charge in [0.2, 0.25) is 5.76 Å². The van der Waals surface area contributed by atoms with Gasteiger partial charge < -0.3 is 19.2 Å². The molecule has 9 heteroatoms. The zero-order valence-corrected chi connectivity index (χ0v) is 13.3. The molecule has 3 rings (SSSR count). The zero-order chi connectivity index (χ0) is 18.9. The summed E-state index contributed by atoms with van der Waals surface area (Å²) in [5, 5.41) is 8.84. The second-order valence-electron chi connectivity index (χ2n) is 5.66. The van der Waals surface area contributed by atoms with E-state index in [9.17, 15) is 22.8 Å². The first-order valence-electron chi connectivity index (χ1n) is 7.67. The van der Waals surface area contributed by atoms with Crippen LogP contribution in [0.5, 0.6) is 0 Å². The molecule has 1 fully saturated rings. The maximum absolute atomic E-state index is 13.2. The summed E-state index contributed by atoms with van der Waals surface area (Å²) < 4.78 is 50.0. The van der Waals surface area contributed by atoms with Gasteiger partial charge in [-0.25, -0.2) is 4.79 Å². The van der Waals surface area contributed by atoms with Crippen molar-refractivity contribution >= 4 is 11.9 Å². The molecule has 1 amide bonds. The number of carbonyl (C=O) groups excluding carboxylic acids is 1. The summed E-state index contributed by atoms with van der Waals surface area (Å²) in [6, 6.07) is 7.41. The normalized spacial score (nSPS) is 18.0. The highest BCUT2D eigenvalue weighted by Crippen LogP contribution is 2.36. The predicted octanol–water partition coefficient (Wildman–Crippen LogP) is 3.21. The molecule has 0 radical (unpaired) electrons. The van der Waals surface area contributed by atoms with Crippen molar-refractivity contribution in [3.05, 3.63) is 59.0 Å². The third kappa shape index (κ3) is 3.57. The maximum Gasteiger partial charge on any atom is 0.416 e. The number of benzene rings is 1. The van der Waals surface area contributed by atoms with Crippen molar-refractivity contribution in [2.45, 2.75) is 12.3 Å². The highest BCUT2D eigenvalue weighted by atomic mass is 19.4. The number of hydrogen-bond acceptors (Lipinski definition) is 4. The minimum Gasteiger partial charge on any atom is -0.475 e. The lowest BCUT2D eigenvalue weighted by Gasteiger charge is -2.33. The van der Waals surface area contributed by atoms with Crippen LogP contribution in [0.4, 0.5) is 13.2 Å². The molecule has 1 saturated heterocycles. The molecule has 0 spiro atoms. The highest BCUT2D eigenvalue weighted by Gasteiger charge is 2.37. The van der Waals surface area contributed by atoms with E-state index in [-0.39, 0.29) is 36.8 Å². The van der Waals surface area contributed by atoms with E-state index in [1.54, 1.807) is 0 Å². The summed E-state index contributed by atoms with van der Waals surface area (Å²) in [5.41, 5.74) is -0.867. The van der Waals surface area contributed by atoms with Gasteiger partial charge in [0.15, 0.2) is 5.76 Å². The van der Waals surface area contributed by atoms with Crippen LogP contribution in [0.15, 0.2) is 40.8 Å². The zero-order valence-electron chi connectivity index (χ0n) is 13.3. The van der Waals surface area contributed by atoms with E-state index in [1.165, 1.54) is 29.2 Å². The van der Waals surface area contributed by atoms with Gasteiger partial charge in [-0.2, -0.15) is 13.2 Å². The van der Waals surface area contributed by atoms with Crippen molar-refractivity contribution in [2.75, 3.05) is 19.7 Å². The summed E-state index contributed by atoms with van der Waals surface area (Å²) in [6.45, 7) is 0.108. The quantitative estimate of drug-likeness (QED) is 0.899. The summed E-state index contributed by atoms with van der Waals surface area (Å²) in [6.07, 6.45) is -5.48. The van der Waals surface area contributed by atoms with Gasteiger partial charge in [-0.05, 0) is 23.8 Å². The smallest absolute Gasteiger partial charge is 0.416 e. The van der Waals surface area contributed by atoms with E-state index in [1.807, 2.05) is 0 Å². The highest BCUT2D eigenvalue weighted by molar-refractivity contribution is 5.93. The first-order chi connectivity index (χ1) is 12.3. The standard InChI is InChI=1S/C17H14F3NO5/c18-17(19,20)11-4-2-1-3-10(11)14-9-21(7-8-25-14)15(22)12-5-6-13(26-12)16(23)24/h1-6,14H,7-9H2,(H,23,24). The second-order valence-corrected chi connectivity index (χ2v) is 5.66. The molecule has 0 bridgehead atoms. The second kappa shape index (κ2) is 6.83. The molecule has 6 nitrogen and oxygen atoms in total. The maximum atomic E-state index is 13.2. The van der Waals surface area contributed by atoms with Crippen LogP contribution in [0.1, 0.15) is 38.3 Å². The lowest BCUT2D eigenvalue weighted by molar-refractivity contribution is -0.140. The van der Waals surface area contributed by atoms with Crippen molar-refractivity contribution in [2.24, 2.45) is 0 Å². The van der Waals surface area contributed by atoms with Crippen molar-refractivity contribution in [3.63, 3.8) is 0 Å². The van der Waals surface area contributed by atoms with E-state index < -0.39 is 29.7 Å². The molecule has 1 aliphatic heterocycles. The lowest BCUT2D eigenvalue weighted by atomic mass is 10.0. The van der Waals surface area contributed by atoms with Gasteiger partial charge in [0, 0.05) is 6.54 Å². The third-order valence-corrected chi connectivity index (χ3v) is 3.99. The molecule has 2 heterocycles. The van der Waals surface area contributed by atoms with Gasteiger partial charge in [0.05, 0.1) is 18.7 Å². The average Bonchev–Trinajstić information content (AvgIpc) is 3.11. The number of morpholine rings is 1. The number of alkyl halides is 3. The lowest BCUT2D eigenvalue weighted by Crippen LogP contribution is -2.42. The number of furan rings is 1. The Balaban J connectivity index is 1.82. The van der Waals surface area contributed by atoms with Crippen LogP contribution in [0.25, 0.3) is 0 Å². The molecule has 1 aromatic carbocycles. The van der Waals surface area contributed by atoms with E-state index in [2.05, 4.69) is 0 Å². The van der Waals surface area contributed by atoms with Crippen LogP contribution in [0.2, 0.25) is 0 Å². The van der Waals surface area contributed by atoms with Crippen LogP contribution in [-0.4, -0.2) is 41.6 Å². The molecule has 0 saturated carbocycles. The van der Waals surface area contributed by atoms with Crippen LogP contribution < -0.4 is 0 Å². The van der Waals surface area contributed by atoms with Crippen LogP contribution >= 0.6 is 0 Å². The number of halogens is 3. The number of ether oxygens (including phenoxy) is 1. The number of carboxylic acids is 1. The van der Waals surface area contributed by atoms with Crippen LogP contribution in [0.3, 0.4) is 0 Å². The Morgan fingerprint density at radius 3 is 2.46 bits per heavy atom. The Bertz CT molecular complexity index is 830. The Labute approximate surface area is 145 Å². The number of nitrogens with zero attached hydrogens (tertiary/aromatic N) is 1. The van der Waals surface area contributed by atoms with E-state index >= 15 is 0 Å². The fourth-order valence-electron chi connectivity index (χ4n) is 2.78. The Kier molecular flexibility index (Phi) is 4.73. The topological polar surface area (TPSA) is 80.0 Å². The Hall–Kier alpha value is -2.81. The SMILES string of the molecule is O=C(O)c1ccc(C(=O)N2CCOC(c3ccccc3C(F)(F)F)C2)o1. The molecule has 138 valence electrons. The van der Waals surface area contributed by atoms with Gasteiger partial charge in [-0.3, -0.25) is 4.79 Å². The van der Waals surface area contributed by atoms with Crippen molar-refractivity contribution in [3.8, 4) is 0 Å². The molecule has 1 atom stereocenters. The molecule has 1 aliphatic rings. The van der Waals surface area contributed by atoms with Gasteiger partial charge in [-0.15, -0.1) is 0 Å². The number of rotatable bonds is 3. The molecule has 1 N–H and O–H groups in total. The van der Waals surface area contributed by atoms with Crippen LogP contribution in [-0.2, 0) is 10.9 Å². The molecule has 26 heavy (non-hydrogen) atoms. The number of hydrogen-bond donors (Lipinski definition) is 1. The summed E-state index contributed by atoms with van der Waals surface area (Å²) in [7, 11) is 0. The third-order valence-electron chi connectivity index (χ3n) is 3.99. The van der Waals surface area contributed by atoms with Crippen molar-refractivity contribution in [1.29, 1.82) is 0 Å². The average molecular weight is 369 g/mol. The summed E-state index contributed by atoms with van der Waals surface area (Å²) >= 11 is 0. The van der Waals surface area contributed by atoms with Crippen molar-refractivity contribution in [1.82, 2.24) is 4.90 Å². The number of carboxylic acid groups (broad SMARTS) is 1. The summed E-state index contributed by atoms with van der Waals surface area (Å²) in [5.74, 6) is -2.49. The first-order valence-corrected chi connectivity index (χ1v) is 7.67. The fourth-order valence-corrected chi connectivity index (χ4v) is 2.78. The molecule has 2 aromatic rings. The van der Waals surface area contributed by atoms with Crippen molar-refractivity contribution < 1.29 is 37.0 Å². The molecule has 1 aromatic heterocycles. The van der Waals surface area contributed by atoms with E-state index in [0.717, 1.165) is 12.1 Å². The largest absolute Gasteiger partial charge is 0.475 e. The fraction of sp³-hybridized carbons (Fsp3) is 0.294. The Morgan fingerprint density at radius 2 is 1.81 bits per heavy atom. The molecular formula is C17H14F3NO5. The first kappa shape index (κ1) is 18.0. The van der Waals surface area contributed by atoms with Gasteiger partial charge >= 0.3 is 12.1 Å². The molecular weight excluding hydrogens is 355 g/mol. The molecule has 0 aliphatic carbocycles. The number of amides is 1. The minimum absolute atomic E-state index is 0.0507. The number of carbonyl (C=O) groups is 2. The summed E-state index contributed by atoms with van der Waals surface area (Å²) in [4.78, 5) is 24.6. The van der Waals surface area contributed by atoms with E-state index in [4.69, 9.17) is 14.3 Å². The molecule has 1 unspecified atom stereocenters. The van der Waals surface area contributed by atoms with Gasteiger partial charge in [0.25, 0.3) is 5.91 Å². The minimum atomic E-state index is -4.54. The Morgan fingerprint density at radius 1 is 1.12 bits per heavy atom.